The number of aromatic hydroxyl groups is 1. The molecule has 2 heterocycles. The van der Waals surface area contributed by atoms with Crippen LogP contribution in [0.4, 0.5) is 15.8 Å². The highest BCUT2D eigenvalue weighted by atomic mass is 35.5. The first-order valence-electron chi connectivity index (χ1n) is 18.7. The number of allylic oxidation sites excluding steroid dienone is 2. The van der Waals surface area contributed by atoms with Gasteiger partial charge in [-0.15, -0.1) is 0 Å². The fourth-order valence-electron chi connectivity index (χ4n) is 9.49. The van der Waals surface area contributed by atoms with Crippen molar-refractivity contribution in [2.75, 3.05) is 38.2 Å². The van der Waals surface area contributed by atoms with Crippen molar-refractivity contribution in [2.45, 2.75) is 25.7 Å². The van der Waals surface area contributed by atoms with Gasteiger partial charge in [-0.25, -0.2) is 9.29 Å². The van der Waals surface area contributed by atoms with Gasteiger partial charge in [0.1, 0.15) is 17.3 Å². The number of phenols is 1. The fraction of sp³-hybridized carbons (Fsp3) is 0.289. The molecule has 13 heteroatoms. The summed E-state index contributed by atoms with van der Waals surface area (Å²) in [4.78, 5) is 60.5. The number of benzene rings is 4. The van der Waals surface area contributed by atoms with Crippen molar-refractivity contribution >= 4 is 58.8 Å². The molecule has 4 aromatic carbocycles. The molecule has 4 aromatic rings. The molecule has 0 radical (unpaired) electrons. The third kappa shape index (κ3) is 5.91. The van der Waals surface area contributed by atoms with E-state index < -0.39 is 58.5 Å². The van der Waals surface area contributed by atoms with Crippen molar-refractivity contribution in [3.8, 4) is 28.7 Å². The average molecular weight is 807 g/mol. The van der Waals surface area contributed by atoms with Crippen molar-refractivity contribution in [1.29, 1.82) is 0 Å². The summed E-state index contributed by atoms with van der Waals surface area (Å²) in [6.07, 6.45) is 6.03. The molecule has 1 N–H and O–H groups in total. The van der Waals surface area contributed by atoms with Gasteiger partial charge in [-0.2, -0.15) is 0 Å². The number of hydrogen-bond donors (Lipinski definition) is 1. The van der Waals surface area contributed by atoms with E-state index in [9.17, 15) is 28.7 Å². The largest absolute Gasteiger partial charge is 0.502 e. The van der Waals surface area contributed by atoms with Crippen LogP contribution in [0.5, 0.6) is 28.7 Å². The molecule has 2 saturated heterocycles. The lowest BCUT2D eigenvalue weighted by Gasteiger charge is -2.49. The van der Waals surface area contributed by atoms with Gasteiger partial charge in [0.25, 0.3) is 0 Å². The van der Waals surface area contributed by atoms with Gasteiger partial charge in [-0.3, -0.25) is 24.1 Å². The highest BCUT2D eigenvalue weighted by molar-refractivity contribution is 6.32. The lowest BCUT2D eigenvalue weighted by Crippen LogP contribution is -2.48. The number of carbonyl (C=O) groups is 4. The Labute approximate surface area is 339 Å². The summed E-state index contributed by atoms with van der Waals surface area (Å²) in [5, 5.41) is 10.6. The number of anilines is 2. The van der Waals surface area contributed by atoms with Crippen LogP contribution < -0.4 is 28.7 Å². The van der Waals surface area contributed by atoms with Crippen molar-refractivity contribution in [3.63, 3.8) is 0 Å². The van der Waals surface area contributed by atoms with Crippen LogP contribution in [0.25, 0.3) is 12.2 Å². The zero-order valence-electron chi connectivity index (χ0n) is 32.3. The van der Waals surface area contributed by atoms with Crippen LogP contribution in [-0.2, 0) is 19.2 Å². The molecule has 6 unspecified atom stereocenters. The van der Waals surface area contributed by atoms with Crippen molar-refractivity contribution in [2.24, 2.45) is 29.1 Å². The number of hydrogen-bond acceptors (Lipinski definition) is 9. The van der Waals surface area contributed by atoms with Crippen molar-refractivity contribution in [3.05, 3.63) is 112 Å². The molecule has 0 spiro atoms. The lowest BCUT2D eigenvalue weighted by molar-refractivity contribution is -0.131. The summed E-state index contributed by atoms with van der Waals surface area (Å²) in [5.41, 5.74) is 1.98. The smallest absolute Gasteiger partial charge is 0.241 e. The van der Waals surface area contributed by atoms with Gasteiger partial charge in [0.15, 0.2) is 11.5 Å². The zero-order chi connectivity index (χ0) is 41.2. The van der Waals surface area contributed by atoms with Crippen LogP contribution in [0.2, 0.25) is 5.02 Å². The van der Waals surface area contributed by atoms with Gasteiger partial charge in [0.05, 0.1) is 68.0 Å². The second-order valence-corrected chi connectivity index (χ2v) is 15.5. The van der Waals surface area contributed by atoms with Crippen LogP contribution in [0, 0.1) is 34.9 Å². The molecule has 0 bridgehead atoms. The molecule has 4 aliphatic rings. The lowest BCUT2D eigenvalue weighted by atomic mass is 9.51. The molecule has 58 heavy (non-hydrogen) atoms. The molecule has 2 aliphatic carbocycles. The molecule has 4 amide bonds. The van der Waals surface area contributed by atoms with Crippen LogP contribution in [0.1, 0.15) is 42.4 Å². The molecule has 298 valence electrons. The highest BCUT2D eigenvalue weighted by Gasteiger charge is 2.67. The molecular formula is C45H40ClFN2O9. The molecule has 2 aliphatic heterocycles. The van der Waals surface area contributed by atoms with E-state index in [1.165, 1.54) is 31.3 Å². The van der Waals surface area contributed by atoms with Crippen molar-refractivity contribution < 1.29 is 47.6 Å². The minimum Gasteiger partial charge on any atom is -0.502 e. The quantitative estimate of drug-likeness (QED) is 0.102. The maximum absolute atomic E-state index is 14.8. The maximum atomic E-state index is 14.8. The number of methoxy groups -OCH3 is 4. The minimum absolute atomic E-state index is 0.0871. The SMILES string of the molecule is COc1ccc(OC)c(C=Cc2ccc(N3C(=O)C4CC=C5C(CC6C(=O)N(c7ccc(F)c(Cl)c7)C(=O)C6(C)C5c5cc(OC)c(O)c(OC)c5)C4C3=O)cc2)c1. The molecule has 3 fully saturated rings. The summed E-state index contributed by atoms with van der Waals surface area (Å²) >= 11 is 6.14. The van der Waals surface area contributed by atoms with Gasteiger partial charge in [-0.05, 0) is 97.5 Å². The van der Waals surface area contributed by atoms with Gasteiger partial charge >= 0.3 is 0 Å². The highest BCUT2D eigenvalue weighted by Crippen LogP contribution is 2.64. The number of amides is 4. The minimum atomic E-state index is -1.41. The van der Waals surface area contributed by atoms with Crippen LogP contribution in [-0.4, -0.2) is 57.2 Å². The normalized spacial score (nSPS) is 25.1. The van der Waals surface area contributed by atoms with E-state index in [1.54, 1.807) is 45.4 Å². The average Bonchev–Trinajstić information content (AvgIpc) is 3.60. The zero-order valence-corrected chi connectivity index (χ0v) is 33.1. The summed E-state index contributed by atoms with van der Waals surface area (Å²) < 4.78 is 36.1. The summed E-state index contributed by atoms with van der Waals surface area (Å²) in [7, 11) is 5.95. The van der Waals surface area contributed by atoms with E-state index in [0.29, 0.717) is 22.7 Å². The van der Waals surface area contributed by atoms with E-state index in [1.807, 2.05) is 48.6 Å². The van der Waals surface area contributed by atoms with Gasteiger partial charge < -0.3 is 24.1 Å². The predicted octanol–water partition coefficient (Wildman–Crippen LogP) is 7.82. The molecule has 1 saturated carbocycles. The predicted molar refractivity (Wildman–Crippen MR) is 215 cm³/mol. The third-order valence-electron chi connectivity index (χ3n) is 12.3. The summed E-state index contributed by atoms with van der Waals surface area (Å²) in [5.74, 6) is -5.12. The number of rotatable bonds is 9. The molecule has 6 atom stereocenters. The Morgan fingerprint density at radius 2 is 1.43 bits per heavy atom. The maximum Gasteiger partial charge on any atom is 0.241 e. The number of phenolic OH excluding ortho intramolecular Hbond substituents is 1. The van der Waals surface area contributed by atoms with Gasteiger partial charge in [0.2, 0.25) is 29.4 Å². The standard InChI is InChI=1S/C45H40ClFN2O9/c1-45-32(42(52)49(44(45)54)27-12-16-34(47)33(46)21-27)22-31-29(39(45)25-19-36(57-4)40(50)37(20-25)58-5)14-15-30-38(31)43(53)48(41(30)51)26-10-7-23(8-11-26)6-9-24-18-28(55-2)13-17-35(24)56-3/h6-14,16-21,30-32,38-39,50H,15,22H2,1-5H3. The summed E-state index contributed by atoms with van der Waals surface area (Å²) in [6.45, 7) is 1.72. The first-order chi connectivity index (χ1) is 27.9. The van der Waals surface area contributed by atoms with Crippen molar-refractivity contribution in [1.82, 2.24) is 0 Å². The van der Waals surface area contributed by atoms with E-state index in [0.717, 1.165) is 27.7 Å². The Morgan fingerprint density at radius 1 is 0.759 bits per heavy atom. The molecule has 11 nitrogen and oxygen atoms in total. The van der Waals surface area contributed by atoms with E-state index >= 15 is 0 Å². The van der Waals surface area contributed by atoms with Crippen LogP contribution in [0.3, 0.4) is 0 Å². The number of ether oxygens (including phenoxy) is 4. The fourth-order valence-corrected chi connectivity index (χ4v) is 9.67. The number of fused-ring (bicyclic) bond motifs is 4. The topological polar surface area (TPSA) is 132 Å². The van der Waals surface area contributed by atoms with E-state index in [2.05, 4.69) is 0 Å². The molecule has 0 aromatic heterocycles. The van der Waals surface area contributed by atoms with Gasteiger partial charge in [0, 0.05) is 11.5 Å². The first kappa shape index (κ1) is 38.7. The van der Waals surface area contributed by atoms with Gasteiger partial charge in [-0.1, -0.05) is 47.5 Å². The first-order valence-corrected chi connectivity index (χ1v) is 19.1. The second-order valence-electron chi connectivity index (χ2n) is 15.1. The Kier molecular flexibility index (Phi) is 9.79. The van der Waals surface area contributed by atoms with E-state index in [4.69, 9.17) is 30.5 Å². The number of halogens is 2. The Bertz CT molecular complexity index is 2420. The molecule has 8 rings (SSSR count). The third-order valence-corrected chi connectivity index (χ3v) is 12.6. The Hall–Kier alpha value is -6.14. The Balaban J connectivity index is 1.17. The second kappa shape index (κ2) is 14.7. The molecular weight excluding hydrogens is 767 g/mol. The number of nitrogens with zero attached hydrogens (tertiary/aromatic N) is 2. The monoisotopic (exact) mass is 806 g/mol. The summed E-state index contributed by atoms with van der Waals surface area (Å²) in [6, 6.07) is 19.4. The number of imide groups is 2. The Morgan fingerprint density at radius 3 is 2.07 bits per heavy atom. The van der Waals surface area contributed by atoms with Crippen LogP contribution >= 0.6 is 11.6 Å². The van der Waals surface area contributed by atoms with Crippen LogP contribution in [0.15, 0.2) is 84.4 Å². The van der Waals surface area contributed by atoms with E-state index in [-0.39, 0.29) is 46.7 Å². The number of carbonyl (C=O) groups excluding carboxylic acids is 4.